The summed E-state index contributed by atoms with van der Waals surface area (Å²) in [5.41, 5.74) is 1.82. The molecule has 0 fully saturated rings. The van der Waals surface area contributed by atoms with E-state index in [1.54, 1.807) is 0 Å². The van der Waals surface area contributed by atoms with Crippen molar-refractivity contribution in [2.45, 2.75) is 0 Å². The van der Waals surface area contributed by atoms with Gasteiger partial charge in [-0.1, -0.05) is 0 Å². The van der Waals surface area contributed by atoms with E-state index in [2.05, 4.69) is 0 Å². The minimum atomic E-state index is -2.30. The fraction of sp³-hybridized carbons (Fsp3) is 0.100. The number of rotatable bonds is 6. The topological polar surface area (TPSA) is 52.6 Å². The molecule has 0 unspecified atom stereocenters. The molecule has 0 saturated heterocycles. The molecule has 0 atom stereocenters. The second kappa shape index (κ2) is 9.94. The normalized spacial score (nSPS) is 11.4. The standard InChI is InChI=1S/2C10H9O2.Hg/c2*1-12-10(11)8-7-9-5-3-2-4-6-9;/h2*2-7H,1H3;. The first-order valence-electron chi connectivity index (χ1n) is 7.82. The third kappa shape index (κ3) is 5.98. The molecule has 0 amide bonds. The number of esters is 2. The van der Waals surface area contributed by atoms with E-state index in [1.807, 2.05) is 72.8 Å². The van der Waals surface area contributed by atoms with Crippen LogP contribution >= 0.6 is 0 Å². The van der Waals surface area contributed by atoms with Gasteiger partial charge in [0.05, 0.1) is 0 Å². The van der Waals surface area contributed by atoms with E-state index in [0.29, 0.717) is 6.16 Å². The predicted octanol–water partition coefficient (Wildman–Crippen LogP) is 3.50. The monoisotopic (exact) mass is 524 g/mol. The first-order chi connectivity index (χ1) is 12.1. The van der Waals surface area contributed by atoms with Gasteiger partial charge in [-0.25, -0.2) is 0 Å². The maximum atomic E-state index is 12.2. The number of hydrogen-bond donors (Lipinski definition) is 0. The van der Waals surface area contributed by atoms with Gasteiger partial charge in [-0.05, 0) is 0 Å². The molecule has 0 spiro atoms. The Labute approximate surface area is 159 Å². The molecule has 124 valence electrons. The first kappa shape index (κ1) is 19.1. The molecule has 0 N–H and O–H groups in total. The van der Waals surface area contributed by atoms with Crippen LogP contribution in [0.15, 0.2) is 66.8 Å². The Bertz CT molecular complexity index is 712. The molecule has 0 aromatic heterocycles. The Kier molecular flexibility index (Phi) is 7.60. The van der Waals surface area contributed by atoms with Crippen molar-refractivity contribution in [1.29, 1.82) is 0 Å². The molecular weight excluding hydrogens is 505 g/mol. The number of methoxy groups -OCH3 is 2. The summed E-state index contributed by atoms with van der Waals surface area (Å²) in [5.74, 6) is -0.762. The molecule has 0 radical (unpaired) electrons. The average Bonchev–Trinajstić information content (AvgIpc) is 2.67. The van der Waals surface area contributed by atoms with Gasteiger partial charge in [0.25, 0.3) is 0 Å². The Balaban J connectivity index is 2.39. The Hall–Kier alpha value is -2.20. The van der Waals surface area contributed by atoms with E-state index in [1.165, 1.54) is 14.2 Å². The van der Waals surface area contributed by atoms with Crippen LogP contribution in [0.2, 0.25) is 0 Å². The van der Waals surface area contributed by atoms with Crippen molar-refractivity contribution in [3.05, 3.63) is 78.0 Å². The van der Waals surface area contributed by atoms with E-state index < -0.39 is 24.6 Å². The van der Waals surface area contributed by atoms with Gasteiger partial charge in [0.2, 0.25) is 0 Å². The zero-order valence-electron chi connectivity index (χ0n) is 14.3. The van der Waals surface area contributed by atoms with Gasteiger partial charge in [-0.3, -0.25) is 0 Å². The molecule has 25 heavy (non-hydrogen) atoms. The summed E-state index contributed by atoms with van der Waals surface area (Å²) in [7, 11) is 2.71. The van der Waals surface area contributed by atoms with E-state index in [4.69, 9.17) is 9.47 Å². The van der Waals surface area contributed by atoms with Crippen molar-refractivity contribution in [3.8, 4) is 0 Å². The first-order valence-corrected chi connectivity index (χ1v) is 13.3. The molecule has 0 heterocycles. The van der Waals surface area contributed by atoms with Crippen LogP contribution in [0.3, 0.4) is 0 Å². The van der Waals surface area contributed by atoms with Crippen molar-refractivity contribution < 1.29 is 43.6 Å². The fourth-order valence-electron chi connectivity index (χ4n) is 2.33. The molecule has 0 bridgehead atoms. The van der Waals surface area contributed by atoms with Crippen LogP contribution in [0, 0.1) is 0 Å². The summed E-state index contributed by atoms with van der Waals surface area (Å²) in [5, 5.41) is 0. The molecular formula is C20H18HgO4. The number of carbonyl (C=O) groups excluding carboxylic acids is 2. The van der Waals surface area contributed by atoms with Gasteiger partial charge in [-0.15, -0.1) is 0 Å². The maximum absolute atomic E-state index is 12.2. The van der Waals surface area contributed by atoms with Crippen LogP contribution in [0.1, 0.15) is 11.1 Å². The zero-order chi connectivity index (χ0) is 18.1. The molecule has 0 aliphatic carbocycles. The van der Waals surface area contributed by atoms with Gasteiger partial charge < -0.3 is 0 Å². The van der Waals surface area contributed by atoms with Gasteiger partial charge in [0.1, 0.15) is 0 Å². The van der Waals surface area contributed by atoms with Gasteiger partial charge >= 0.3 is 160 Å². The SMILES string of the molecule is COC(=O)/[C](=C\c1ccccc1)[Hg]/[C](=C/c1ccccc1)C(=O)OC. The number of benzene rings is 2. The van der Waals surface area contributed by atoms with Crippen molar-refractivity contribution in [2.24, 2.45) is 0 Å². The summed E-state index contributed by atoms with van der Waals surface area (Å²) in [6.45, 7) is 0. The predicted molar refractivity (Wildman–Crippen MR) is 92.9 cm³/mol. The van der Waals surface area contributed by atoms with Crippen molar-refractivity contribution in [1.82, 2.24) is 0 Å². The van der Waals surface area contributed by atoms with E-state index in [9.17, 15) is 9.59 Å². The van der Waals surface area contributed by atoms with E-state index in [-0.39, 0.29) is 11.9 Å². The van der Waals surface area contributed by atoms with Crippen LogP contribution in [-0.4, -0.2) is 26.2 Å². The zero-order valence-corrected chi connectivity index (χ0v) is 19.8. The van der Waals surface area contributed by atoms with E-state index >= 15 is 0 Å². The molecule has 0 saturated carbocycles. The van der Waals surface area contributed by atoms with Crippen molar-refractivity contribution >= 4 is 24.1 Å². The van der Waals surface area contributed by atoms with E-state index in [0.717, 1.165) is 11.1 Å². The average molecular weight is 523 g/mol. The van der Waals surface area contributed by atoms with Crippen molar-refractivity contribution in [2.75, 3.05) is 14.2 Å². The molecule has 0 aliphatic heterocycles. The van der Waals surface area contributed by atoms with Gasteiger partial charge in [0.15, 0.2) is 0 Å². The van der Waals surface area contributed by atoms with Crippen molar-refractivity contribution in [3.63, 3.8) is 0 Å². The summed E-state index contributed by atoms with van der Waals surface area (Å²) in [6, 6.07) is 19.1. The molecule has 4 nitrogen and oxygen atoms in total. The minimum absolute atomic E-state index is 0.381. The van der Waals surface area contributed by atoms with Crippen LogP contribution in [-0.2, 0) is 43.6 Å². The van der Waals surface area contributed by atoms with Crippen LogP contribution in [0.25, 0.3) is 12.2 Å². The Morgan fingerprint density at radius 3 is 1.40 bits per heavy atom. The third-order valence-electron chi connectivity index (χ3n) is 3.56. The van der Waals surface area contributed by atoms with Crippen LogP contribution < -0.4 is 0 Å². The van der Waals surface area contributed by atoms with Crippen LogP contribution in [0.4, 0.5) is 0 Å². The molecule has 2 aromatic carbocycles. The summed E-state index contributed by atoms with van der Waals surface area (Å²) in [4.78, 5) is 24.4. The number of carbonyl (C=O) groups is 2. The quantitative estimate of drug-likeness (QED) is 0.331. The summed E-state index contributed by atoms with van der Waals surface area (Å²) in [6.07, 6.45) is 3.63. The third-order valence-corrected chi connectivity index (χ3v) is 10.3. The molecule has 5 heteroatoms. The fourth-order valence-corrected chi connectivity index (χ4v) is 8.80. The second-order valence-corrected chi connectivity index (χ2v) is 12.6. The number of hydrogen-bond acceptors (Lipinski definition) is 4. The molecule has 2 aromatic rings. The number of ether oxygens (including phenoxy) is 2. The summed E-state index contributed by atoms with van der Waals surface area (Å²) >= 11 is -2.30. The second-order valence-electron chi connectivity index (χ2n) is 5.32. The Morgan fingerprint density at radius 1 is 0.720 bits per heavy atom. The van der Waals surface area contributed by atoms with Gasteiger partial charge in [-0.2, -0.15) is 0 Å². The Morgan fingerprint density at radius 2 is 1.08 bits per heavy atom. The van der Waals surface area contributed by atoms with Gasteiger partial charge in [0, 0.05) is 0 Å². The van der Waals surface area contributed by atoms with Crippen LogP contribution in [0.5, 0.6) is 0 Å². The molecule has 2 rings (SSSR count). The summed E-state index contributed by atoms with van der Waals surface area (Å²) < 4.78 is 11.0. The molecule has 0 aliphatic rings.